The first-order valence-electron chi connectivity index (χ1n) is 6.46. The maximum absolute atomic E-state index is 12.1. The Balaban J connectivity index is 2.16. The minimum absolute atomic E-state index is 0.260. The van der Waals surface area contributed by atoms with E-state index in [0.29, 0.717) is 16.1 Å². The number of carbonyl (C=O) groups is 2. The number of ether oxygens (including phenoxy) is 1. The zero-order valence-corrected chi connectivity index (χ0v) is 12.6. The Kier molecular flexibility index (Phi) is 3.81. The minimum Gasteiger partial charge on any atom is -0.481 e. The average Bonchev–Trinajstić information content (AvgIpc) is 2.46. The van der Waals surface area contributed by atoms with Gasteiger partial charge in [0.2, 0.25) is 0 Å². The first-order valence-corrected chi connectivity index (χ1v) is 7.22. The smallest absolute Gasteiger partial charge is 0.339 e. The first-order chi connectivity index (χ1) is 10.5. The van der Waals surface area contributed by atoms with E-state index in [1.807, 2.05) is 0 Å². The number of fused-ring (bicyclic) bond motifs is 1. The third kappa shape index (κ3) is 2.45. The van der Waals surface area contributed by atoms with Crippen LogP contribution in [-0.4, -0.2) is 17.0 Å². The summed E-state index contributed by atoms with van der Waals surface area (Å²) in [6.07, 6.45) is -0.996. The molecule has 2 aromatic carbocycles. The summed E-state index contributed by atoms with van der Waals surface area (Å²) >= 11 is 12.0. The van der Waals surface area contributed by atoms with Crippen LogP contribution < -0.4 is 0 Å². The summed E-state index contributed by atoms with van der Waals surface area (Å²) < 4.78 is 5.35. The minimum atomic E-state index is -1.09. The topological polar surface area (TPSA) is 63.6 Å². The van der Waals surface area contributed by atoms with E-state index in [-0.39, 0.29) is 10.6 Å². The predicted molar refractivity (Wildman–Crippen MR) is 81.4 cm³/mol. The van der Waals surface area contributed by atoms with Gasteiger partial charge in [-0.15, -0.1) is 0 Å². The Morgan fingerprint density at radius 2 is 1.82 bits per heavy atom. The number of hydrogen-bond acceptors (Lipinski definition) is 3. The lowest BCUT2D eigenvalue weighted by molar-refractivity contribution is -0.142. The molecule has 22 heavy (non-hydrogen) atoms. The number of carboxylic acids is 1. The fraction of sp³-hybridized carbons (Fsp3) is 0.125. The van der Waals surface area contributed by atoms with Gasteiger partial charge in [-0.2, -0.15) is 0 Å². The van der Waals surface area contributed by atoms with E-state index in [1.165, 1.54) is 6.07 Å². The van der Waals surface area contributed by atoms with E-state index in [1.54, 1.807) is 36.4 Å². The molecule has 0 radical (unpaired) electrons. The normalized spacial score (nSPS) is 20.2. The van der Waals surface area contributed by atoms with Crippen molar-refractivity contribution in [1.29, 1.82) is 0 Å². The van der Waals surface area contributed by atoms with Crippen LogP contribution in [0.15, 0.2) is 42.5 Å². The Morgan fingerprint density at radius 1 is 1.09 bits per heavy atom. The van der Waals surface area contributed by atoms with E-state index >= 15 is 0 Å². The lowest BCUT2D eigenvalue weighted by Gasteiger charge is -2.31. The number of carbonyl (C=O) groups excluding carboxylic acids is 1. The van der Waals surface area contributed by atoms with Gasteiger partial charge in [0.15, 0.2) is 0 Å². The highest BCUT2D eigenvalue weighted by Gasteiger charge is 2.41. The van der Waals surface area contributed by atoms with Crippen molar-refractivity contribution < 1.29 is 19.4 Å². The van der Waals surface area contributed by atoms with Gasteiger partial charge < -0.3 is 9.84 Å². The van der Waals surface area contributed by atoms with Gasteiger partial charge in [0, 0.05) is 15.6 Å². The zero-order chi connectivity index (χ0) is 15.9. The van der Waals surface area contributed by atoms with Crippen LogP contribution in [0.2, 0.25) is 10.0 Å². The van der Waals surface area contributed by atoms with Crippen molar-refractivity contribution in [2.75, 3.05) is 0 Å². The number of hydrogen-bond donors (Lipinski definition) is 1. The van der Waals surface area contributed by atoms with E-state index in [2.05, 4.69) is 0 Å². The number of carboxylic acid groups (broad SMARTS) is 1. The van der Waals surface area contributed by atoms with Gasteiger partial charge in [-0.05, 0) is 23.8 Å². The van der Waals surface area contributed by atoms with E-state index in [0.717, 1.165) is 0 Å². The summed E-state index contributed by atoms with van der Waals surface area (Å²) in [6, 6.07) is 11.2. The maximum atomic E-state index is 12.1. The van der Waals surface area contributed by atoms with Gasteiger partial charge in [0.25, 0.3) is 0 Å². The van der Waals surface area contributed by atoms with Crippen LogP contribution in [0.3, 0.4) is 0 Å². The van der Waals surface area contributed by atoms with Crippen LogP contribution in [0.4, 0.5) is 0 Å². The van der Waals surface area contributed by atoms with Crippen LogP contribution >= 0.6 is 23.2 Å². The molecule has 0 amide bonds. The molecule has 0 aromatic heterocycles. The number of benzene rings is 2. The fourth-order valence-corrected chi connectivity index (χ4v) is 3.12. The number of esters is 1. The van der Waals surface area contributed by atoms with Gasteiger partial charge >= 0.3 is 11.9 Å². The number of rotatable bonds is 2. The summed E-state index contributed by atoms with van der Waals surface area (Å²) in [5, 5.41) is 10.3. The highest BCUT2D eigenvalue weighted by molar-refractivity contribution is 6.35. The van der Waals surface area contributed by atoms with Crippen LogP contribution in [-0.2, 0) is 9.53 Å². The molecule has 1 aliphatic rings. The van der Waals surface area contributed by atoms with Crippen LogP contribution in [0.1, 0.15) is 33.5 Å². The SMILES string of the molecule is O=C1O[C@@H](c2ccc(Cl)cc2Cl)[C@@H](C(=O)O)c2ccccc21. The molecule has 4 nitrogen and oxygen atoms in total. The van der Waals surface area contributed by atoms with Gasteiger partial charge in [-0.3, -0.25) is 4.79 Å². The highest BCUT2D eigenvalue weighted by Crippen LogP contribution is 2.43. The van der Waals surface area contributed by atoms with Gasteiger partial charge in [0.05, 0.1) is 5.56 Å². The van der Waals surface area contributed by atoms with Gasteiger partial charge in [0.1, 0.15) is 12.0 Å². The summed E-state index contributed by atoms with van der Waals surface area (Å²) in [4.78, 5) is 23.9. The number of cyclic esters (lactones) is 1. The molecular weight excluding hydrogens is 327 g/mol. The van der Waals surface area contributed by atoms with Gasteiger partial charge in [-0.25, -0.2) is 4.79 Å². The first kappa shape index (κ1) is 14.9. The van der Waals surface area contributed by atoms with Crippen molar-refractivity contribution in [3.63, 3.8) is 0 Å². The van der Waals surface area contributed by atoms with Crippen LogP contribution in [0.5, 0.6) is 0 Å². The largest absolute Gasteiger partial charge is 0.481 e. The van der Waals surface area contributed by atoms with Crippen molar-refractivity contribution in [3.05, 3.63) is 69.2 Å². The lowest BCUT2D eigenvalue weighted by atomic mass is 9.84. The van der Waals surface area contributed by atoms with Crippen molar-refractivity contribution in [3.8, 4) is 0 Å². The molecule has 112 valence electrons. The summed E-state index contributed by atoms with van der Waals surface area (Å²) in [5.41, 5.74) is 1.10. The molecule has 3 rings (SSSR count). The van der Waals surface area contributed by atoms with Crippen molar-refractivity contribution in [2.45, 2.75) is 12.0 Å². The summed E-state index contributed by atoms with van der Waals surface area (Å²) in [6.45, 7) is 0. The monoisotopic (exact) mass is 336 g/mol. The molecule has 0 aliphatic carbocycles. The Labute approximate surface area is 136 Å². The lowest BCUT2D eigenvalue weighted by Crippen LogP contribution is -2.31. The molecule has 2 aromatic rings. The summed E-state index contributed by atoms with van der Waals surface area (Å²) in [5.74, 6) is -2.67. The van der Waals surface area contributed by atoms with E-state index < -0.39 is 24.0 Å². The summed E-state index contributed by atoms with van der Waals surface area (Å²) in [7, 11) is 0. The Morgan fingerprint density at radius 3 is 2.50 bits per heavy atom. The standard InChI is InChI=1S/C16H10Cl2O4/c17-8-5-6-11(12(18)7-8)14-13(15(19)20)9-3-1-2-4-10(9)16(21)22-14/h1-7,13-14H,(H,19,20)/t13-,14-/m0/s1. The molecule has 0 unspecified atom stereocenters. The molecule has 2 atom stereocenters. The third-order valence-corrected chi connectivity index (χ3v) is 4.15. The second-order valence-electron chi connectivity index (χ2n) is 4.89. The third-order valence-electron chi connectivity index (χ3n) is 3.59. The number of halogens is 2. The molecule has 0 fully saturated rings. The quantitative estimate of drug-likeness (QED) is 0.839. The molecule has 1 aliphatic heterocycles. The maximum Gasteiger partial charge on any atom is 0.339 e. The molecule has 6 heteroatoms. The molecule has 1 N–H and O–H groups in total. The van der Waals surface area contributed by atoms with Crippen LogP contribution in [0.25, 0.3) is 0 Å². The Hall–Kier alpha value is -2.04. The molecule has 1 heterocycles. The molecule has 0 saturated heterocycles. The van der Waals surface area contributed by atoms with Crippen molar-refractivity contribution in [2.24, 2.45) is 0 Å². The fourth-order valence-electron chi connectivity index (χ4n) is 2.60. The van der Waals surface area contributed by atoms with E-state index in [4.69, 9.17) is 27.9 Å². The molecule has 0 bridgehead atoms. The van der Waals surface area contributed by atoms with Gasteiger partial charge in [-0.1, -0.05) is 47.5 Å². The molecule has 0 saturated carbocycles. The van der Waals surface area contributed by atoms with Crippen molar-refractivity contribution >= 4 is 35.1 Å². The molecule has 0 spiro atoms. The highest BCUT2D eigenvalue weighted by atomic mass is 35.5. The number of aliphatic carboxylic acids is 1. The predicted octanol–water partition coefficient (Wildman–Crippen LogP) is 4.07. The molecular formula is C16H10Cl2O4. The Bertz CT molecular complexity index is 772. The average molecular weight is 337 g/mol. The second-order valence-corrected chi connectivity index (χ2v) is 5.74. The second kappa shape index (κ2) is 5.63. The van der Waals surface area contributed by atoms with Crippen LogP contribution in [0, 0.1) is 0 Å². The van der Waals surface area contributed by atoms with E-state index in [9.17, 15) is 14.7 Å². The zero-order valence-electron chi connectivity index (χ0n) is 11.1. The van der Waals surface area contributed by atoms with Crippen molar-refractivity contribution in [1.82, 2.24) is 0 Å².